The Balaban J connectivity index is 1.85. The first kappa shape index (κ1) is 18.4. The lowest BCUT2D eigenvalue weighted by molar-refractivity contribution is -0.134. The summed E-state index contributed by atoms with van der Waals surface area (Å²) in [6, 6.07) is 3.35. The van der Waals surface area contributed by atoms with Gasteiger partial charge in [-0.25, -0.2) is 4.79 Å². The first-order valence-electron chi connectivity index (χ1n) is 8.39. The number of hydrogen-bond acceptors (Lipinski definition) is 4. The number of amides is 4. The first-order valence-corrected chi connectivity index (χ1v) is 9.27. The summed E-state index contributed by atoms with van der Waals surface area (Å²) in [4.78, 5) is 38.7. The third-order valence-corrected chi connectivity index (χ3v) is 5.09. The second kappa shape index (κ2) is 8.28. The van der Waals surface area contributed by atoms with Gasteiger partial charge in [-0.05, 0) is 24.8 Å². The summed E-state index contributed by atoms with van der Waals surface area (Å²) in [5, 5.41) is 7.41. The predicted molar refractivity (Wildman–Crippen MR) is 93.6 cm³/mol. The number of thiophene rings is 1. The quantitative estimate of drug-likeness (QED) is 0.530. The number of nitrogens with one attached hydrogen (secondary N) is 2. The normalized spacial score (nSPS) is 20.3. The highest BCUT2D eigenvalue weighted by Crippen LogP contribution is 2.23. The highest BCUT2D eigenvalue weighted by molar-refractivity contribution is 7.09. The van der Waals surface area contributed by atoms with Gasteiger partial charge in [-0.3, -0.25) is 14.5 Å². The van der Waals surface area contributed by atoms with Crippen LogP contribution in [0.2, 0.25) is 0 Å². The zero-order valence-corrected chi connectivity index (χ0v) is 15.1. The topological polar surface area (TPSA) is 78.5 Å². The van der Waals surface area contributed by atoms with E-state index in [-0.39, 0.29) is 18.4 Å². The molecule has 0 radical (unpaired) electrons. The Morgan fingerprint density at radius 1 is 1.33 bits per heavy atom. The van der Waals surface area contributed by atoms with Crippen LogP contribution in [0.4, 0.5) is 4.79 Å². The lowest BCUT2D eigenvalue weighted by Gasteiger charge is -2.21. The summed E-state index contributed by atoms with van der Waals surface area (Å²) >= 11 is 1.55. The highest BCUT2D eigenvalue weighted by atomic mass is 32.1. The number of rotatable bonds is 9. The second-order valence-corrected chi connectivity index (χ2v) is 7.35. The van der Waals surface area contributed by atoms with E-state index in [0.29, 0.717) is 13.0 Å². The van der Waals surface area contributed by atoms with Gasteiger partial charge in [0.25, 0.3) is 5.91 Å². The van der Waals surface area contributed by atoms with E-state index >= 15 is 0 Å². The highest BCUT2D eigenvalue weighted by Gasteiger charge is 2.47. The van der Waals surface area contributed by atoms with Crippen LogP contribution in [0.15, 0.2) is 17.5 Å². The summed E-state index contributed by atoms with van der Waals surface area (Å²) in [5.41, 5.74) is -0.890. The number of urea groups is 1. The minimum absolute atomic E-state index is 0.236. The number of hydrogen-bond donors (Lipinski definition) is 2. The van der Waals surface area contributed by atoms with Crippen molar-refractivity contribution in [3.63, 3.8) is 0 Å². The van der Waals surface area contributed by atoms with Crippen LogP contribution in [-0.2, 0) is 16.1 Å². The Morgan fingerprint density at radius 2 is 2.12 bits per heavy atom. The van der Waals surface area contributed by atoms with Crippen LogP contribution in [0.5, 0.6) is 0 Å². The molecule has 0 saturated carbocycles. The van der Waals surface area contributed by atoms with Crippen LogP contribution in [0, 0.1) is 0 Å². The zero-order valence-electron chi connectivity index (χ0n) is 14.3. The van der Waals surface area contributed by atoms with Gasteiger partial charge < -0.3 is 10.6 Å². The largest absolute Gasteiger partial charge is 0.350 e. The van der Waals surface area contributed by atoms with Crippen LogP contribution in [0.1, 0.15) is 50.8 Å². The molecule has 7 heteroatoms. The third-order valence-electron chi connectivity index (χ3n) is 4.22. The molecule has 0 aromatic carbocycles. The van der Waals surface area contributed by atoms with E-state index in [1.807, 2.05) is 17.5 Å². The van der Waals surface area contributed by atoms with Crippen molar-refractivity contribution in [3.8, 4) is 0 Å². The zero-order chi connectivity index (χ0) is 17.6. The van der Waals surface area contributed by atoms with E-state index in [2.05, 4.69) is 17.6 Å². The minimum atomic E-state index is -0.890. The van der Waals surface area contributed by atoms with Gasteiger partial charge >= 0.3 is 6.03 Å². The van der Waals surface area contributed by atoms with Gasteiger partial charge in [0.05, 0.1) is 6.54 Å². The second-order valence-electron chi connectivity index (χ2n) is 6.32. The number of carbonyl (C=O) groups is 3. The van der Waals surface area contributed by atoms with Crippen LogP contribution in [-0.4, -0.2) is 34.8 Å². The van der Waals surface area contributed by atoms with Crippen molar-refractivity contribution < 1.29 is 14.4 Å². The van der Waals surface area contributed by atoms with E-state index in [1.165, 1.54) is 0 Å². The van der Waals surface area contributed by atoms with Crippen molar-refractivity contribution in [2.75, 3.05) is 6.54 Å². The molecular formula is C17H25N3O3S. The van der Waals surface area contributed by atoms with Crippen molar-refractivity contribution in [3.05, 3.63) is 22.4 Å². The van der Waals surface area contributed by atoms with Crippen molar-refractivity contribution in [2.45, 2.75) is 58.0 Å². The molecular weight excluding hydrogens is 326 g/mol. The average molecular weight is 351 g/mol. The fourth-order valence-electron chi connectivity index (χ4n) is 2.76. The molecule has 2 rings (SSSR count). The van der Waals surface area contributed by atoms with Gasteiger partial charge in [0.2, 0.25) is 5.91 Å². The molecule has 1 aromatic rings. The summed E-state index contributed by atoms with van der Waals surface area (Å²) in [6.45, 7) is 4.04. The lowest BCUT2D eigenvalue weighted by atomic mass is 9.94. The van der Waals surface area contributed by atoms with E-state index in [9.17, 15) is 14.4 Å². The van der Waals surface area contributed by atoms with Crippen molar-refractivity contribution in [1.82, 2.24) is 15.5 Å². The fraction of sp³-hybridized carbons (Fsp3) is 0.588. The van der Waals surface area contributed by atoms with Crippen molar-refractivity contribution in [1.29, 1.82) is 0 Å². The maximum Gasteiger partial charge on any atom is 0.325 e. The summed E-state index contributed by atoms with van der Waals surface area (Å²) in [5.74, 6) is -0.641. The molecule has 1 aliphatic heterocycles. The molecule has 1 saturated heterocycles. The molecule has 0 spiro atoms. The molecule has 24 heavy (non-hydrogen) atoms. The van der Waals surface area contributed by atoms with E-state index in [4.69, 9.17) is 0 Å². The molecule has 132 valence electrons. The molecule has 0 bridgehead atoms. The third kappa shape index (κ3) is 4.56. The number of nitrogens with zero attached hydrogens (tertiary/aromatic N) is 1. The maximum absolute atomic E-state index is 12.5. The predicted octanol–water partition coefficient (Wildman–Crippen LogP) is 2.65. The van der Waals surface area contributed by atoms with Gasteiger partial charge in [-0.1, -0.05) is 38.7 Å². The maximum atomic E-state index is 12.5. The summed E-state index contributed by atoms with van der Waals surface area (Å²) < 4.78 is 0. The van der Waals surface area contributed by atoms with Crippen LogP contribution < -0.4 is 10.6 Å². The van der Waals surface area contributed by atoms with Gasteiger partial charge in [0.1, 0.15) is 12.1 Å². The van der Waals surface area contributed by atoms with E-state index in [1.54, 1.807) is 18.3 Å². The van der Waals surface area contributed by atoms with Gasteiger partial charge in [0, 0.05) is 4.88 Å². The van der Waals surface area contributed by atoms with Gasteiger partial charge in [-0.2, -0.15) is 0 Å². The van der Waals surface area contributed by atoms with Crippen molar-refractivity contribution >= 4 is 29.2 Å². The van der Waals surface area contributed by atoms with E-state index < -0.39 is 11.6 Å². The molecule has 1 aliphatic rings. The molecule has 4 amide bonds. The Labute approximate surface area is 146 Å². The standard InChI is InChI=1S/C17H25N3O3S/c1-3-4-5-6-9-17(2)15(22)20(16(23)19-17)12-14(21)18-11-13-8-7-10-24-13/h7-8,10H,3-6,9,11-12H2,1-2H3,(H,18,21)(H,19,23). The number of carbonyl (C=O) groups excluding carboxylic acids is 3. The molecule has 0 aliphatic carbocycles. The smallest absolute Gasteiger partial charge is 0.325 e. The molecule has 2 heterocycles. The van der Waals surface area contributed by atoms with E-state index in [0.717, 1.165) is 35.5 Å². The molecule has 1 fully saturated rings. The lowest BCUT2D eigenvalue weighted by Crippen LogP contribution is -2.45. The molecule has 2 N–H and O–H groups in total. The summed E-state index contributed by atoms with van der Waals surface area (Å²) in [7, 11) is 0. The van der Waals surface area contributed by atoms with Crippen LogP contribution in [0.25, 0.3) is 0 Å². The van der Waals surface area contributed by atoms with Crippen LogP contribution >= 0.6 is 11.3 Å². The molecule has 1 unspecified atom stereocenters. The summed E-state index contributed by atoms with van der Waals surface area (Å²) in [6.07, 6.45) is 4.76. The van der Waals surface area contributed by atoms with Crippen molar-refractivity contribution in [2.24, 2.45) is 0 Å². The molecule has 6 nitrogen and oxygen atoms in total. The SMILES string of the molecule is CCCCCCC1(C)NC(=O)N(CC(=O)NCc2cccs2)C1=O. The Kier molecular flexibility index (Phi) is 6.36. The monoisotopic (exact) mass is 351 g/mol. The molecule has 1 aromatic heterocycles. The Bertz CT molecular complexity index is 588. The Morgan fingerprint density at radius 3 is 2.79 bits per heavy atom. The fourth-order valence-corrected chi connectivity index (χ4v) is 3.41. The molecule has 1 atom stereocenters. The number of unbranched alkanes of at least 4 members (excludes halogenated alkanes) is 3. The Hall–Kier alpha value is -1.89. The van der Waals surface area contributed by atoms with Crippen LogP contribution in [0.3, 0.4) is 0 Å². The first-order chi connectivity index (χ1) is 11.5. The van der Waals surface area contributed by atoms with Gasteiger partial charge in [0.15, 0.2) is 0 Å². The minimum Gasteiger partial charge on any atom is -0.350 e. The number of imide groups is 1. The van der Waals surface area contributed by atoms with Gasteiger partial charge in [-0.15, -0.1) is 11.3 Å². The average Bonchev–Trinajstić information content (AvgIpc) is 3.13.